The van der Waals surface area contributed by atoms with Crippen LogP contribution < -0.4 is 34.7 Å². The first-order valence-corrected chi connectivity index (χ1v) is 3.92. The second kappa shape index (κ2) is 5.75. The number of aliphatic carboxylic acids is 1. The third kappa shape index (κ3) is 3.72. The Morgan fingerprint density at radius 1 is 1.42 bits per heavy atom. The largest absolute Gasteiger partial charge is 1.00 e. The summed E-state index contributed by atoms with van der Waals surface area (Å²) in [5.74, 6) is -1.06. The van der Waals surface area contributed by atoms with Crippen LogP contribution in [0.4, 0.5) is 0 Å². The number of carboxylic acids is 1. The Balaban J connectivity index is 0.00000121. The van der Waals surface area contributed by atoms with E-state index in [0.29, 0.717) is 0 Å². The van der Waals surface area contributed by atoms with Gasteiger partial charge in [-0.3, -0.25) is 0 Å². The van der Waals surface area contributed by atoms with E-state index in [2.05, 4.69) is 15.9 Å². The van der Waals surface area contributed by atoms with Crippen LogP contribution in [0.3, 0.4) is 0 Å². The molecule has 0 aliphatic rings. The van der Waals surface area contributed by atoms with Crippen LogP contribution in [0.5, 0.6) is 0 Å². The van der Waals surface area contributed by atoms with E-state index in [9.17, 15) is 9.90 Å². The topological polar surface area (TPSA) is 40.1 Å². The molecule has 1 aromatic carbocycles. The third-order valence-corrected chi connectivity index (χ3v) is 2.07. The van der Waals surface area contributed by atoms with E-state index >= 15 is 0 Å². The molecular weight excluding hydrogens is 231 g/mol. The van der Waals surface area contributed by atoms with Crippen molar-refractivity contribution in [3.05, 3.63) is 34.3 Å². The second-order valence-corrected chi connectivity index (χ2v) is 2.99. The van der Waals surface area contributed by atoms with Gasteiger partial charge in [0.15, 0.2) is 0 Å². The maximum atomic E-state index is 10.2. The van der Waals surface area contributed by atoms with Crippen molar-refractivity contribution in [3.8, 4) is 0 Å². The normalized spacial score (nSPS) is 8.75. The third-order valence-electron chi connectivity index (χ3n) is 1.29. The second-order valence-electron chi connectivity index (χ2n) is 2.14. The number of benzene rings is 1. The Morgan fingerprint density at radius 3 is 2.50 bits per heavy atom. The van der Waals surface area contributed by atoms with Crippen molar-refractivity contribution in [1.29, 1.82) is 0 Å². The molecule has 0 unspecified atom stereocenters. The molecule has 0 aliphatic carbocycles. The Hall–Kier alpha value is 0.170. The Kier molecular flexibility index (Phi) is 5.84. The average Bonchev–Trinajstić information content (AvgIpc) is 1.93. The molecule has 12 heavy (non-hydrogen) atoms. The molecule has 0 bridgehead atoms. The number of carboxylic acid groups (broad SMARTS) is 1. The van der Waals surface area contributed by atoms with Gasteiger partial charge in [-0.1, -0.05) is 34.1 Å². The fraction of sp³-hybridized carbons (Fsp3) is 0.125. The smallest absolute Gasteiger partial charge is 0.550 e. The first kappa shape index (κ1) is 12.2. The van der Waals surface area contributed by atoms with Gasteiger partial charge in [0.2, 0.25) is 0 Å². The monoisotopic (exact) mass is 236 g/mol. The number of carbonyl (C=O) groups is 1. The van der Waals surface area contributed by atoms with Gasteiger partial charge in [0.05, 0.1) is 0 Å². The summed E-state index contributed by atoms with van der Waals surface area (Å²) in [4.78, 5) is 10.2. The minimum atomic E-state index is -1.06. The van der Waals surface area contributed by atoms with E-state index in [1.165, 1.54) is 0 Å². The van der Waals surface area contributed by atoms with Crippen LogP contribution in [0.1, 0.15) is 5.56 Å². The van der Waals surface area contributed by atoms with Crippen LogP contribution in [-0.4, -0.2) is 5.97 Å². The van der Waals surface area contributed by atoms with Gasteiger partial charge in [-0.25, -0.2) is 0 Å². The molecule has 0 saturated carbocycles. The van der Waals surface area contributed by atoms with Gasteiger partial charge in [0.25, 0.3) is 0 Å². The summed E-state index contributed by atoms with van der Waals surface area (Å²) in [6.45, 7) is 0. The molecule has 0 atom stereocenters. The fourth-order valence-corrected chi connectivity index (χ4v) is 1.22. The summed E-state index contributed by atoms with van der Waals surface area (Å²) in [7, 11) is 0. The van der Waals surface area contributed by atoms with Crippen LogP contribution in [0.25, 0.3) is 0 Å². The summed E-state index contributed by atoms with van der Waals surface area (Å²) in [5.41, 5.74) is 0.743. The van der Waals surface area contributed by atoms with Crippen molar-refractivity contribution in [2.45, 2.75) is 6.42 Å². The van der Waals surface area contributed by atoms with Crippen molar-refractivity contribution in [3.63, 3.8) is 0 Å². The van der Waals surface area contributed by atoms with Gasteiger partial charge in [0.1, 0.15) is 0 Å². The molecule has 0 aliphatic heterocycles. The zero-order valence-corrected chi connectivity index (χ0v) is 10.3. The van der Waals surface area contributed by atoms with Crippen molar-refractivity contribution < 1.29 is 39.5 Å². The minimum absolute atomic E-state index is 0. The minimum Gasteiger partial charge on any atom is -0.550 e. The number of hydrogen-bond acceptors (Lipinski definition) is 2. The molecule has 2 nitrogen and oxygen atoms in total. The summed E-state index contributed by atoms with van der Waals surface area (Å²) in [6, 6.07) is 7.18. The van der Waals surface area contributed by atoms with E-state index in [4.69, 9.17) is 0 Å². The zero-order chi connectivity index (χ0) is 8.27. The molecule has 0 fully saturated rings. The number of hydrogen-bond donors (Lipinski definition) is 0. The molecule has 1 aromatic rings. The Labute approximate surface area is 101 Å². The maximum Gasteiger partial charge on any atom is 1.00 e. The molecule has 0 N–H and O–H groups in total. The molecule has 0 saturated heterocycles. The zero-order valence-electron chi connectivity index (χ0n) is 6.71. The molecule has 0 radical (unpaired) electrons. The molecule has 0 heterocycles. The van der Waals surface area contributed by atoms with Crippen molar-refractivity contribution in [2.24, 2.45) is 0 Å². The first-order chi connectivity index (χ1) is 5.20. The average molecular weight is 237 g/mol. The van der Waals surface area contributed by atoms with Crippen LogP contribution in [0, 0.1) is 0 Å². The van der Waals surface area contributed by atoms with E-state index < -0.39 is 5.97 Å². The van der Waals surface area contributed by atoms with Crippen molar-refractivity contribution in [1.82, 2.24) is 0 Å². The first-order valence-electron chi connectivity index (χ1n) is 3.13. The predicted octanol–water partition coefficient (Wildman–Crippen LogP) is -2.25. The summed E-state index contributed by atoms with van der Waals surface area (Å²) >= 11 is 3.23. The Bertz CT molecular complexity index is 276. The predicted molar refractivity (Wildman–Crippen MR) is 42.9 cm³/mol. The van der Waals surface area contributed by atoms with Crippen LogP contribution in [0.2, 0.25) is 0 Å². The number of rotatable bonds is 2. The number of halogens is 1. The van der Waals surface area contributed by atoms with Crippen LogP contribution in [0.15, 0.2) is 28.7 Å². The molecule has 1 rings (SSSR count). The van der Waals surface area contributed by atoms with Crippen molar-refractivity contribution >= 4 is 21.9 Å². The van der Waals surface area contributed by atoms with Crippen LogP contribution >= 0.6 is 15.9 Å². The molecule has 0 aromatic heterocycles. The van der Waals surface area contributed by atoms with Gasteiger partial charge in [0, 0.05) is 16.9 Å². The summed E-state index contributed by atoms with van der Waals surface area (Å²) < 4.78 is 0.809. The van der Waals surface area contributed by atoms with Gasteiger partial charge >= 0.3 is 29.6 Å². The van der Waals surface area contributed by atoms with E-state index in [-0.39, 0.29) is 36.0 Å². The maximum absolute atomic E-state index is 10.2. The van der Waals surface area contributed by atoms with Gasteiger partial charge in [-0.15, -0.1) is 0 Å². The fourth-order valence-electron chi connectivity index (χ4n) is 0.797. The van der Waals surface area contributed by atoms with E-state index in [0.717, 1.165) is 10.0 Å². The Morgan fingerprint density at radius 2 is 2.00 bits per heavy atom. The quantitative estimate of drug-likeness (QED) is 0.545. The summed E-state index contributed by atoms with van der Waals surface area (Å²) in [5, 5.41) is 10.2. The summed E-state index contributed by atoms with van der Waals surface area (Å²) in [6.07, 6.45) is -0.0403. The molecule has 0 spiro atoms. The van der Waals surface area contributed by atoms with E-state index in [1.807, 2.05) is 6.07 Å². The number of carbonyl (C=O) groups excluding carboxylic acids is 1. The van der Waals surface area contributed by atoms with E-state index in [1.54, 1.807) is 18.2 Å². The standard InChI is InChI=1S/C8H7BrO2.Na/c9-7-4-2-1-3-6(7)5-8(10)11;/h1-4H,5H2,(H,10,11);/q;+1/p-1. The van der Waals surface area contributed by atoms with Gasteiger partial charge in [-0.05, 0) is 11.6 Å². The molecule has 4 heteroatoms. The molecule has 58 valence electrons. The molecular formula is C8H6BrNaO2. The SMILES string of the molecule is O=C([O-])Cc1ccccc1Br.[Na+]. The molecule has 0 amide bonds. The van der Waals surface area contributed by atoms with Gasteiger partial charge in [-0.2, -0.15) is 0 Å². The van der Waals surface area contributed by atoms with Gasteiger partial charge < -0.3 is 9.90 Å². The van der Waals surface area contributed by atoms with Crippen LogP contribution in [-0.2, 0) is 11.2 Å². The van der Waals surface area contributed by atoms with Crippen molar-refractivity contribution in [2.75, 3.05) is 0 Å².